The maximum Gasteiger partial charge on any atom is 2.00 e. The minimum absolute atomic E-state index is 0. The predicted octanol–water partition coefficient (Wildman–Crippen LogP) is 2.89. The average Bonchev–Trinajstić information content (AvgIpc) is 2.18. The minimum Gasteiger partial charge on any atom is -0.514 e. The van der Waals surface area contributed by atoms with Gasteiger partial charge in [-0.1, -0.05) is 26.7 Å². The van der Waals surface area contributed by atoms with Crippen LogP contribution >= 0.6 is 24.4 Å². The summed E-state index contributed by atoms with van der Waals surface area (Å²) in [7, 11) is 0. The molecule has 0 aromatic rings. The van der Waals surface area contributed by atoms with Gasteiger partial charge in [-0.05, 0) is 12.8 Å². The van der Waals surface area contributed by atoms with Crippen LogP contribution in [0.5, 0.6) is 0 Å². The Morgan fingerprint density at radius 3 is 1.35 bits per heavy atom. The van der Waals surface area contributed by atoms with Gasteiger partial charge in [0.25, 0.3) is 0 Å². The van der Waals surface area contributed by atoms with Crippen molar-refractivity contribution in [1.82, 2.24) is 0 Å². The van der Waals surface area contributed by atoms with Crippen LogP contribution in [0.3, 0.4) is 0 Å². The molecule has 0 unspecified atom stereocenters. The van der Waals surface area contributed by atoms with Crippen molar-refractivity contribution >= 4 is 82.1 Å². The van der Waals surface area contributed by atoms with Gasteiger partial charge in [0.05, 0.1) is 13.2 Å². The molecule has 4 radical (unpaired) electrons. The third kappa shape index (κ3) is 31.6. The Kier molecular flexibility index (Phi) is 26.3. The summed E-state index contributed by atoms with van der Waals surface area (Å²) in [5, 5.41) is 0. The van der Waals surface area contributed by atoms with Crippen LogP contribution in [0, 0.1) is 0 Å². The number of hydrogen-bond donors (Lipinski definition) is 0. The van der Waals surface area contributed by atoms with Crippen molar-refractivity contribution in [2.24, 2.45) is 0 Å². The summed E-state index contributed by atoms with van der Waals surface area (Å²) in [5.74, 6) is 0. The van der Waals surface area contributed by atoms with Crippen molar-refractivity contribution in [2.45, 2.75) is 39.5 Å². The molecular weight excluding hydrogens is 408 g/mol. The maximum absolute atomic E-state index is 4.83. The number of rotatable bonds is 6. The number of ether oxygens (including phenoxy) is 2. The molecule has 0 spiro atoms. The monoisotopic (exact) mass is 428 g/mol. The van der Waals surface area contributed by atoms with E-state index in [2.05, 4.69) is 63.5 Å². The first-order chi connectivity index (χ1) is 7.54. The topological polar surface area (TPSA) is 18.5 Å². The van der Waals surface area contributed by atoms with Crippen LogP contribution in [0.25, 0.3) is 0 Å². The van der Waals surface area contributed by atoms with Gasteiger partial charge in [-0.2, -0.15) is 0 Å². The van der Waals surface area contributed by atoms with Crippen LogP contribution in [0.2, 0.25) is 0 Å². The molecule has 2 nitrogen and oxygen atoms in total. The van der Waals surface area contributed by atoms with Crippen LogP contribution < -0.4 is 0 Å². The molecule has 0 bridgehead atoms. The first kappa shape index (κ1) is 23.1. The average molecular weight is 426 g/mol. The fourth-order valence-electron chi connectivity index (χ4n) is 0.600. The van der Waals surface area contributed by atoms with E-state index in [9.17, 15) is 0 Å². The smallest absolute Gasteiger partial charge is 0.514 e. The molecule has 0 aliphatic rings. The summed E-state index contributed by atoms with van der Waals surface area (Å²) in [6.45, 7) is 5.54. The Labute approximate surface area is 143 Å². The van der Waals surface area contributed by atoms with Crippen molar-refractivity contribution in [3.63, 3.8) is 0 Å². The van der Waals surface area contributed by atoms with Crippen LogP contribution in [-0.4, -0.2) is 45.6 Å². The van der Waals surface area contributed by atoms with Gasteiger partial charge >= 0.3 is 23.7 Å². The molecule has 0 saturated heterocycles. The van der Waals surface area contributed by atoms with Gasteiger partial charge in [0.2, 0.25) is 0 Å². The standard InChI is InChI=1S/2C5H10OS2.Te/c2*1-2-3-4-6-5(7)8;/h2*2-4H2,1H3,(H,7,8);/q;;+2/p-2. The molecule has 17 heavy (non-hydrogen) atoms. The number of unbranched alkanes of at least 4 members (excludes halogenated alkanes) is 2. The van der Waals surface area contributed by atoms with E-state index in [4.69, 9.17) is 9.47 Å². The van der Waals surface area contributed by atoms with Crippen LogP contribution in [0.1, 0.15) is 39.5 Å². The second kappa shape index (κ2) is 19.4. The molecule has 0 aliphatic carbocycles. The van der Waals surface area contributed by atoms with Gasteiger partial charge in [0, 0.05) is 8.77 Å². The summed E-state index contributed by atoms with van der Waals surface area (Å²) in [6, 6.07) is 0. The Morgan fingerprint density at radius 1 is 0.882 bits per heavy atom. The Morgan fingerprint density at radius 2 is 1.18 bits per heavy atom. The fraction of sp³-hybridized carbons (Fsp3) is 0.800. The fourth-order valence-corrected chi connectivity index (χ4v) is 0.933. The second-order valence-corrected chi connectivity index (χ2v) is 4.90. The molecule has 0 saturated carbocycles. The summed E-state index contributed by atoms with van der Waals surface area (Å²) in [6.07, 6.45) is 4.32. The first-order valence-corrected chi connectivity index (χ1v) is 6.85. The van der Waals surface area contributed by atoms with Gasteiger partial charge in [-0.3, -0.25) is 0 Å². The number of thiocarbonyl (C=S) groups is 2. The summed E-state index contributed by atoms with van der Waals surface area (Å²) in [4.78, 5) is 0. The summed E-state index contributed by atoms with van der Waals surface area (Å²) < 4.78 is 10.1. The van der Waals surface area contributed by atoms with Crippen molar-refractivity contribution in [2.75, 3.05) is 13.2 Å². The molecule has 7 heteroatoms. The van der Waals surface area contributed by atoms with E-state index < -0.39 is 0 Å². The summed E-state index contributed by atoms with van der Waals surface area (Å²) >= 11 is 18.0. The van der Waals surface area contributed by atoms with Gasteiger partial charge in [0.1, 0.15) is 0 Å². The Bertz CT molecular complexity index is 171. The SMILES string of the molecule is CCCCOC(=S)[S-].CCCCOC(=S)[S-].[Te+2]. The van der Waals surface area contributed by atoms with Gasteiger partial charge in [0.15, 0.2) is 0 Å². The van der Waals surface area contributed by atoms with Crippen molar-refractivity contribution in [1.29, 1.82) is 0 Å². The zero-order valence-electron chi connectivity index (χ0n) is 10.1. The van der Waals surface area contributed by atoms with E-state index in [1.165, 1.54) is 0 Å². The van der Waals surface area contributed by atoms with Crippen LogP contribution in [0.15, 0.2) is 0 Å². The molecule has 0 aliphatic heterocycles. The molecule has 0 heterocycles. The van der Waals surface area contributed by atoms with E-state index in [-0.39, 0.29) is 32.4 Å². The molecular formula is C10H18O2S4Te. The Hall–Kier alpha value is 1.01. The molecule has 0 N–H and O–H groups in total. The molecule has 0 aromatic heterocycles. The zero-order chi connectivity index (χ0) is 12.8. The Balaban J connectivity index is -0.000000218. The summed E-state index contributed by atoms with van der Waals surface area (Å²) in [5.41, 5.74) is 0. The molecule has 0 rings (SSSR count). The van der Waals surface area contributed by atoms with Crippen molar-refractivity contribution < 1.29 is 9.47 Å². The van der Waals surface area contributed by atoms with Gasteiger partial charge in [-0.25, -0.2) is 0 Å². The van der Waals surface area contributed by atoms with E-state index in [1.807, 2.05) is 0 Å². The molecule has 0 aromatic carbocycles. The third-order valence-electron chi connectivity index (χ3n) is 1.44. The van der Waals surface area contributed by atoms with E-state index in [0.29, 0.717) is 13.2 Å². The second-order valence-electron chi connectivity index (χ2n) is 2.90. The number of hydrogen-bond acceptors (Lipinski definition) is 6. The third-order valence-corrected chi connectivity index (χ3v) is 1.91. The molecule has 0 amide bonds. The largest absolute Gasteiger partial charge is 2.00 e. The van der Waals surface area contributed by atoms with Crippen LogP contribution in [-0.2, 0) is 34.7 Å². The predicted molar refractivity (Wildman–Crippen MR) is 87.4 cm³/mol. The minimum atomic E-state index is 0. The first-order valence-electron chi connectivity index (χ1n) is 5.22. The quantitative estimate of drug-likeness (QED) is 0.280. The van der Waals surface area contributed by atoms with Crippen LogP contribution in [0.4, 0.5) is 0 Å². The van der Waals surface area contributed by atoms with E-state index >= 15 is 0 Å². The molecule has 0 fully saturated rings. The molecule has 100 valence electrons. The van der Waals surface area contributed by atoms with Crippen molar-refractivity contribution in [3.8, 4) is 0 Å². The molecule has 0 atom stereocenters. The van der Waals surface area contributed by atoms with Gasteiger partial charge in [-0.15, -0.1) is 0 Å². The van der Waals surface area contributed by atoms with E-state index in [1.54, 1.807) is 0 Å². The maximum atomic E-state index is 4.83. The normalized spacial score (nSPS) is 8.12. The van der Waals surface area contributed by atoms with E-state index in [0.717, 1.165) is 25.7 Å². The van der Waals surface area contributed by atoms with Crippen molar-refractivity contribution in [3.05, 3.63) is 0 Å². The van der Waals surface area contributed by atoms with Gasteiger partial charge < -0.3 is 59.2 Å². The zero-order valence-corrected chi connectivity index (χ0v) is 15.7.